The normalized spacial score (nSPS) is 10.4. The molecular formula is C14H9BrClFO. The Morgan fingerprint density at radius 2 is 1.89 bits per heavy atom. The van der Waals surface area contributed by atoms with E-state index in [1.54, 1.807) is 6.07 Å². The summed E-state index contributed by atoms with van der Waals surface area (Å²) >= 11 is 9.01. The fourth-order valence-corrected chi connectivity index (χ4v) is 2.23. The Hall–Kier alpha value is -1.19. The number of hydrogen-bond acceptors (Lipinski definition) is 1. The van der Waals surface area contributed by atoms with Crippen LogP contribution in [0.5, 0.6) is 0 Å². The minimum Gasteiger partial charge on any atom is -0.294 e. The van der Waals surface area contributed by atoms with Crippen LogP contribution in [-0.4, -0.2) is 5.78 Å². The minimum absolute atomic E-state index is 0.0262. The Bertz CT molecular complexity index is 598. The summed E-state index contributed by atoms with van der Waals surface area (Å²) < 4.78 is 14.5. The van der Waals surface area contributed by atoms with Gasteiger partial charge in [-0.1, -0.05) is 51.8 Å². The van der Waals surface area contributed by atoms with Crippen LogP contribution in [-0.2, 0) is 6.42 Å². The maximum absolute atomic E-state index is 13.7. The van der Waals surface area contributed by atoms with Crippen LogP contribution in [0.4, 0.5) is 4.39 Å². The van der Waals surface area contributed by atoms with Gasteiger partial charge in [-0.25, -0.2) is 4.39 Å². The minimum atomic E-state index is -0.656. The van der Waals surface area contributed by atoms with Gasteiger partial charge in [0.05, 0.1) is 10.6 Å². The lowest BCUT2D eigenvalue weighted by atomic mass is 10.0. The van der Waals surface area contributed by atoms with Gasteiger partial charge in [-0.05, 0) is 23.8 Å². The Kier molecular flexibility index (Phi) is 4.15. The van der Waals surface area contributed by atoms with Crippen molar-refractivity contribution in [1.82, 2.24) is 0 Å². The first kappa shape index (κ1) is 13.2. The molecule has 92 valence electrons. The molecule has 18 heavy (non-hydrogen) atoms. The van der Waals surface area contributed by atoms with Crippen molar-refractivity contribution in [3.63, 3.8) is 0 Å². The molecule has 0 saturated carbocycles. The Morgan fingerprint density at radius 3 is 2.61 bits per heavy atom. The molecule has 0 bridgehead atoms. The summed E-state index contributed by atoms with van der Waals surface area (Å²) in [6, 6.07) is 11.8. The third-order valence-electron chi connectivity index (χ3n) is 2.56. The topological polar surface area (TPSA) is 17.1 Å². The maximum atomic E-state index is 13.7. The monoisotopic (exact) mass is 326 g/mol. The van der Waals surface area contributed by atoms with Crippen molar-refractivity contribution in [3.05, 3.63) is 68.9 Å². The van der Waals surface area contributed by atoms with Crippen LogP contribution < -0.4 is 0 Å². The van der Waals surface area contributed by atoms with E-state index in [4.69, 9.17) is 11.6 Å². The molecule has 2 aromatic carbocycles. The highest BCUT2D eigenvalue weighted by Crippen LogP contribution is 2.22. The molecule has 4 heteroatoms. The third-order valence-corrected chi connectivity index (χ3v) is 3.63. The molecular weight excluding hydrogens is 319 g/mol. The fourth-order valence-electron chi connectivity index (χ4n) is 1.63. The standard InChI is InChI=1S/C14H9BrClFO/c15-11-6-2-1-4-9(11)8-13(18)10-5-3-7-12(16)14(10)17/h1-7H,8H2. The van der Waals surface area contributed by atoms with Crippen LogP contribution in [0.1, 0.15) is 15.9 Å². The number of rotatable bonds is 3. The van der Waals surface area contributed by atoms with Gasteiger partial charge in [-0.15, -0.1) is 0 Å². The molecule has 2 aromatic rings. The molecule has 0 radical (unpaired) electrons. The smallest absolute Gasteiger partial charge is 0.170 e. The highest BCUT2D eigenvalue weighted by atomic mass is 79.9. The number of hydrogen-bond donors (Lipinski definition) is 0. The van der Waals surface area contributed by atoms with Crippen LogP contribution in [0.3, 0.4) is 0 Å². The number of benzene rings is 2. The average Bonchev–Trinajstić information content (AvgIpc) is 2.35. The molecule has 0 aromatic heterocycles. The zero-order chi connectivity index (χ0) is 13.1. The first-order valence-electron chi connectivity index (χ1n) is 5.30. The molecule has 0 amide bonds. The third kappa shape index (κ3) is 2.79. The van der Waals surface area contributed by atoms with Crippen LogP contribution in [0, 0.1) is 5.82 Å². The first-order valence-corrected chi connectivity index (χ1v) is 6.47. The molecule has 1 nitrogen and oxygen atoms in total. The van der Waals surface area contributed by atoms with E-state index in [1.807, 2.05) is 24.3 Å². The van der Waals surface area contributed by atoms with Gasteiger partial charge in [0.15, 0.2) is 11.6 Å². The molecule has 0 spiro atoms. The van der Waals surface area contributed by atoms with E-state index in [2.05, 4.69) is 15.9 Å². The summed E-state index contributed by atoms with van der Waals surface area (Å²) in [5, 5.41) is -0.0343. The number of carbonyl (C=O) groups is 1. The van der Waals surface area contributed by atoms with E-state index in [0.717, 1.165) is 10.0 Å². The van der Waals surface area contributed by atoms with Gasteiger partial charge < -0.3 is 0 Å². The largest absolute Gasteiger partial charge is 0.294 e. The molecule has 0 unspecified atom stereocenters. The van der Waals surface area contributed by atoms with Gasteiger partial charge in [0, 0.05) is 10.9 Å². The second kappa shape index (κ2) is 5.63. The van der Waals surface area contributed by atoms with Crippen LogP contribution in [0.2, 0.25) is 5.02 Å². The fraction of sp³-hybridized carbons (Fsp3) is 0.0714. The van der Waals surface area contributed by atoms with E-state index in [0.29, 0.717) is 0 Å². The summed E-state index contributed by atoms with van der Waals surface area (Å²) in [5.74, 6) is -0.946. The number of carbonyl (C=O) groups excluding carboxylic acids is 1. The van der Waals surface area contributed by atoms with E-state index < -0.39 is 5.82 Å². The van der Waals surface area contributed by atoms with Crippen molar-refractivity contribution in [2.75, 3.05) is 0 Å². The predicted molar refractivity (Wildman–Crippen MR) is 73.6 cm³/mol. The second-order valence-corrected chi connectivity index (χ2v) is 5.05. The predicted octanol–water partition coefficient (Wildman–Crippen LogP) is 4.67. The van der Waals surface area contributed by atoms with Crippen LogP contribution in [0.15, 0.2) is 46.9 Å². The average molecular weight is 328 g/mol. The zero-order valence-corrected chi connectivity index (χ0v) is 11.6. The van der Waals surface area contributed by atoms with Crippen LogP contribution >= 0.6 is 27.5 Å². The van der Waals surface area contributed by atoms with Crippen molar-refractivity contribution >= 4 is 33.3 Å². The highest BCUT2D eigenvalue weighted by molar-refractivity contribution is 9.10. The van der Waals surface area contributed by atoms with Crippen molar-refractivity contribution in [3.8, 4) is 0 Å². The van der Waals surface area contributed by atoms with Crippen molar-refractivity contribution in [1.29, 1.82) is 0 Å². The molecule has 0 aliphatic carbocycles. The highest BCUT2D eigenvalue weighted by Gasteiger charge is 2.15. The molecule has 0 N–H and O–H groups in total. The van der Waals surface area contributed by atoms with E-state index in [-0.39, 0.29) is 22.8 Å². The number of ketones is 1. The molecule has 0 atom stereocenters. The van der Waals surface area contributed by atoms with Gasteiger partial charge >= 0.3 is 0 Å². The van der Waals surface area contributed by atoms with Crippen molar-refractivity contribution in [2.24, 2.45) is 0 Å². The number of halogens is 3. The SMILES string of the molecule is O=C(Cc1ccccc1Br)c1cccc(Cl)c1F. The van der Waals surface area contributed by atoms with Crippen molar-refractivity contribution < 1.29 is 9.18 Å². The van der Waals surface area contributed by atoms with Gasteiger partial charge in [-0.2, -0.15) is 0 Å². The molecule has 2 rings (SSSR count). The molecule has 0 aliphatic rings. The summed E-state index contributed by atoms with van der Waals surface area (Å²) in [6.07, 6.45) is 0.138. The Balaban J connectivity index is 2.28. The lowest BCUT2D eigenvalue weighted by molar-refractivity contribution is 0.0989. The number of Topliss-reactive ketones (excluding diaryl/α,β-unsaturated/α-hetero) is 1. The van der Waals surface area contributed by atoms with Gasteiger partial charge in [-0.3, -0.25) is 4.79 Å². The summed E-state index contributed by atoms with van der Waals surface area (Å²) in [4.78, 5) is 12.0. The lowest BCUT2D eigenvalue weighted by Crippen LogP contribution is -2.06. The van der Waals surface area contributed by atoms with E-state index in [9.17, 15) is 9.18 Å². The Labute approximate surface area is 118 Å². The molecule has 0 saturated heterocycles. The van der Waals surface area contributed by atoms with Crippen molar-refractivity contribution in [2.45, 2.75) is 6.42 Å². The van der Waals surface area contributed by atoms with Gasteiger partial charge in [0.2, 0.25) is 0 Å². The molecule has 0 aliphatic heterocycles. The Morgan fingerprint density at radius 1 is 1.17 bits per heavy atom. The maximum Gasteiger partial charge on any atom is 0.170 e. The molecule has 0 fully saturated rings. The first-order chi connectivity index (χ1) is 8.59. The lowest BCUT2D eigenvalue weighted by Gasteiger charge is -2.05. The summed E-state index contributed by atoms with van der Waals surface area (Å²) in [5.41, 5.74) is 0.847. The zero-order valence-electron chi connectivity index (χ0n) is 9.29. The quantitative estimate of drug-likeness (QED) is 0.749. The molecule has 0 heterocycles. The van der Waals surface area contributed by atoms with Gasteiger partial charge in [0.25, 0.3) is 0 Å². The van der Waals surface area contributed by atoms with Gasteiger partial charge in [0.1, 0.15) is 0 Å². The summed E-state index contributed by atoms with van der Waals surface area (Å²) in [6.45, 7) is 0. The van der Waals surface area contributed by atoms with E-state index >= 15 is 0 Å². The van der Waals surface area contributed by atoms with E-state index in [1.165, 1.54) is 12.1 Å². The second-order valence-electron chi connectivity index (χ2n) is 3.79. The summed E-state index contributed by atoms with van der Waals surface area (Å²) in [7, 11) is 0. The van der Waals surface area contributed by atoms with Crippen LogP contribution in [0.25, 0.3) is 0 Å².